The van der Waals surface area contributed by atoms with Crippen LogP contribution in [0.5, 0.6) is 11.5 Å². The van der Waals surface area contributed by atoms with Crippen molar-refractivity contribution in [1.82, 2.24) is 0 Å². The number of hydrogen-bond donors (Lipinski definition) is 0. The molecule has 84 valence electrons. The summed E-state index contributed by atoms with van der Waals surface area (Å²) < 4.78 is 45.1. The van der Waals surface area contributed by atoms with Crippen molar-refractivity contribution in [3.8, 4) is 11.5 Å². The van der Waals surface area contributed by atoms with Gasteiger partial charge in [-0.15, -0.1) is 0 Å². The smallest absolute Gasteiger partial charge is 0.422 e. The topological polar surface area (TPSA) is 18.5 Å². The van der Waals surface area contributed by atoms with Crippen molar-refractivity contribution in [3.63, 3.8) is 0 Å². The maximum Gasteiger partial charge on any atom is 0.422 e. The first-order valence-electron chi connectivity index (χ1n) is 4.26. The predicted octanol–water partition coefficient (Wildman–Crippen LogP) is 2.94. The maximum atomic E-state index is 11.8. The Morgan fingerprint density at radius 2 is 1.93 bits per heavy atom. The van der Waals surface area contributed by atoms with E-state index < -0.39 is 12.8 Å². The highest BCUT2D eigenvalue weighted by Crippen LogP contribution is 2.25. The van der Waals surface area contributed by atoms with E-state index in [4.69, 9.17) is 4.74 Å². The van der Waals surface area contributed by atoms with Crippen LogP contribution in [-0.2, 0) is 0 Å². The van der Waals surface area contributed by atoms with E-state index in [-0.39, 0.29) is 5.75 Å². The zero-order chi connectivity index (χ0) is 11.5. The Labute approximate surface area is 85.6 Å². The Bertz CT molecular complexity index is 334. The molecular formula is C10H11F3O2. The number of ether oxygens (including phenoxy) is 2. The predicted molar refractivity (Wildman–Crippen MR) is 49.3 cm³/mol. The van der Waals surface area contributed by atoms with Gasteiger partial charge in [0.25, 0.3) is 0 Å². The Kier molecular flexibility index (Phi) is 3.44. The minimum atomic E-state index is -4.32. The largest absolute Gasteiger partial charge is 0.496 e. The summed E-state index contributed by atoms with van der Waals surface area (Å²) in [7, 11) is 1.45. The summed E-state index contributed by atoms with van der Waals surface area (Å²) in [4.78, 5) is 0. The fourth-order valence-electron chi connectivity index (χ4n) is 1.06. The van der Waals surface area contributed by atoms with Gasteiger partial charge in [0.1, 0.15) is 11.5 Å². The van der Waals surface area contributed by atoms with Gasteiger partial charge < -0.3 is 9.47 Å². The summed E-state index contributed by atoms with van der Waals surface area (Å²) in [6.07, 6.45) is -4.32. The van der Waals surface area contributed by atoms with Gasteiger partial charge in [0.2, 0.25) is 0 Å². The Morgan fingerprint density at radius 1 is 1.27 bits per heavy atom. The summed E-state index contributed by atoms with van der Waals surface area (Å²) in [5.41, 5.74) is 0.844. The average molecular weight is 220 g/mol. The fourth-order valence-corrected chi connectivity index (χ4v) is 1.06. The summed E-state index contributed by atoms with van der Waals surface area (Å²) in [5.74, 6) is 0.657. The van der Waals surface area contributed by atoms with E-state index in [0.717, 1.165) is 5.56 Å². The first kappa shape index (κ1) is 11.7. The third kappa shape index (κ3) is 3.69. The molecule has 0 saturated carbocycles. The van der Waals surface area contributed by atoms with Crippen LogP contribution >= 0.6 is 0 Å². The second-order valence-electron chi connectivity index (χ2n) is 3.04. The van der Waals surface area contributed by atoms with Gasteiger partial charge in [-0.25, -0.2) is 0 Å². The highest BCUT2D eigenvalue weighted by molar-refractivity contribution is 5.39. The van der Waals surface area contributed by atoms with Crippen LogP contribution < -0.4 is 9.47 Å². The van der Waals surface area contributed by atoms with Gasteiger partial charge in [0, 0.05) is 6.07 Å². The molecule has 1 aromatic rings. The highest BCUT2D eigenvalue weighted by atomic mass is 19.4. The Hall–Kier alpha value is -1.39. The van der Waals surface area contributed by atoms with Gasteiger partial charge in [-0.2, -0.15) is 13.2 Å². The van der Waals surface area contributed by atoms with Gasteiger partial charge >= 0.3 is 6.18 Å². The minimum absolute atomic E-state index is 0.148. The number of methoxy groups -OCH3 is 1. The number of hydrogen-bond acceptors (Lipinski definition) is 2. The lowest BCUT2D eigenvalue weighted by atomic mass is 10.2. The third-order valence-electron chi connectivity index (χ3n) is 1.78. The van der Waals surface area contributed by atoms with Crippen LogP contribution in [0.15, 0.2) is 18.2 Å². The van der Waals surface area contributed by atoms with Gasteiger partial charge in [-0.05, 0) is 18.6 Å². The van der Waals surface area contributed by atoms with Crippen LogP contribution in [0.25, 0.3) is 0 Å². The lowest BCUT2D eigenvalue weighted by Gasteiger charge is -2.11. The lowest BCUT2D eigenvalue weighted by Crippen LogP contribution is -2.19. The van der Waals surface area contributed by atoms with Gasteiger partial charge in [-0.1, -0.05) is 6.07 Å². The van der Waals surface area contributed by atoms with Crippen molar-refractivity contribution in [2.45, 2.75) is 13.1 Å². The van der Waals surface area contributed by atoms with Crippen molar-refractivity contribution in [1.29, 1.82) is 0 Å². The zero-order valence-corrected chi connectivity index (χ0v) is 8.39. The number of aryl methyl sites for hydroxylation is 1. The van der Waals surface area contributed by atoms with Crippen LogP contribution in [0.3, 0.4) is 0 Å². The van der Waals surface area contributed by atoms with Gasteiger partial charge in [0.05, 0.1) is 7.11 Å². The quantitative estimate of drug-likeness (QED) is 0.779. The normalized spacial score (nSPS) is 11.3. The van der Waals surface area contributed by atoms with Crippen molar-refractivity contribution in [3.05, 3.63) is 23.8 Å². The third-order valence-corrected chi connectivity index (χ3v) is 1.78. The van der Waals surface area contributed by atoms with Crippen LogP contribution in [0.4, 0.5) is 13.2 Å². The van der Waals surface area contributed by atoms with Crippen molar-refractivity contribution in [2.24, 2.45) is 0 Å². The standard InChI is InChI=1S/C10H11F3O2/c1-7-3-4-8(5-9(7)14-2)15-6-10(11,12)13/h3-5H,6H2,1-2H3. The number of rotatable bonds is 3. The minimum Gasteiger partial charge on any atom is -0.496 e. The van der Waals surface area contributed by atoms with Gasteiger partial charge in [-0.3, -0.25) is 0 Å². The van der Waals surface area contributed by atoms with E-state index in [1.54, 1.807) is 13.0 Å². The van der Waals surface area contributed by atoms with Crippen molar-refractivity contribution >= 4 is 0 Å². The first-order valence-corrected chi connectivity index (χ1v) is 4.26. The highest BCUT2D eigenvalue weighted by Gasteiger charge is 2.28. The molecule has 0 fully saturated rings. The molecule has 1 rings (SSSR count). The molecule has 0 N–H and O–H groups in total. The molecule has 1 aromatic carbocycles. The molecule has 2 nitrogen and oxygen atoms in total. The van der Waals surface area contributed by atoms with E-state index in [1.807, 2.05) is 0 Å². The molecule has 0 unspecified atom stereocenters. The molecule has 0 radical (unpaired) electrons. The van der Waals surface area contributed by atoms with E-state index in [1.165, 1.54) is 19.2 Å². The fraction of sp³-hybridized carbons (Fsp3) is 0.400. The number of halogens is 3. The molecule has 0 spiro atoms. The van der Waals surface area contributed by atoms with Crippen LogP contribution in [0.1, 0.15) is 5.56 Å². The number of alkyl halides is 3. The van der Waals surface area contributed by atoms with E-state index >= 15 is 0 Å². The molecule has 0 atom stereocenters. The summed E-state index contributed by atoms with van der Waals surface area (Å²) >= 11 is 0. The molecule has 0 bridgehead atoms. The summed E-state index contributed by atoms with van der Waals surface area (Å²) in [5, 5.41) is 0. The molecular weight excluding hydrogens is 209 g/mol. The Balaban J connectivity index is 2.70. The summed E-state index contributed by atoms with van der Waals surface area (Å²) in [6, 6.07) is 4.55. The SMILES string of the molecule is COc1cc(OCC(F)(F)F)ccc1C. The number of benzene rings is 1. The lowest BCUT2D eigenvalue weighted by molar-refractivity contribution is -0.153. The summed E-state index contributed by atoms with van der Waals surface area (Å²) in [6.45, 7) is 0.506. The molecule has 0 aliphatic carbocycles. The maximum absolute atomic E-state index is 11.8. The van der Waals surface area contributed by atoms with E-state index in [2.05, 4.69) is 4.74 Å². The second-order valence-corrected chi connectivity index (χ2v) is 3.04. The van der Waals surface area contributed by atoms with E-state index in [9.17, 15) is 13.2 Å². The molecule has 0 aliphatic heterocycles. The van der Waals surface area contributed by atoms with Crippen LogP contribution in [0, 0.1) is 6.92 Å². The molecule has 0 amide bonds. The van der Waals surface area contributed by atoms with Crippen LogP contribution in [0.2, 0.25) is 0 Å². The van der Waals surface area contributed by atoms with E-state index in [0.29, 0.717) is 5.75 Å². The monoisotopic (exact) mass is 220 g/mol. The van der Waals surface area contributed by atoms with Gasteiger partial charge in [0.15, 0.2) is 6.61 Å². The Morgan fingerprint density at radius 3 is 2.47 bits per heavy atom. The first-order chi connectivity index (χ1) is 6.92. The zero-order valence-electron chi connectivity index (χ0n) is 8.39. The van der Waals surface area contributed by atoms with Crippen molar-refractivity contribution in [2.75, 3.05) is 13.7 Å². The molecule has 0 heterocycles. The second kappa shape index (κ2) is 4.42. The molecule has 15 heavy (non-hydrogen) atoms. The molecule has 5 heteroatoms. The molecule has 0 saturated heterocycles. The molecule has 0 aromatic heterocycles. The van der Waals surface area contributed by atoms with Crippen LogP contribution in [-0.4, -0.2) is 19.9 Å². The molecule has 0 aliphatic rings. The van der Waals surface area contributed by atoms with Crippen molar-refractivity contribution < 1.29 is 22.6 Å². The average Bonchev–Trinajstić information content (AvgIpc) is 2.15.